The van der Waals surface area contributed by atoms with Crippen LogP contribution in [-0.4, -0.2) is 47.9 Å². The summed E-state index contributed by atoms with van der Waals surface area (Å²) in [6.45, 7) is 3.45. The Morgan fingerprint density at radius 2 is 1.88 bits per heavy atom. The van der Waals surface area contributed by atoms with Gasteiger partial charge in [-0.1, -0.05) is 23.7 Å². The van der Waals surface area contributed by atoms with Crippen LogP contribution >= 0.6 is 11.6 Å². The zero-order valence-corrected chi connectivity index (χ0v) is 14.6. The molecule has 24 heavy (non-hydrogen) atoms. The predicted molar refractivity (Wildman–Crippen MR) is 93.8 cm³/mol. The van der Waals surface area contributed by atoms with Crippen molar-refractivity contribution >= 4 is 23.5 Å². The van der Waals surface area contributed by atoms with E-state index in [1.165, 1.54) is 0 Å². The molecule has 2 saturated heterocycles. The third-order valence-electron chi connectivity index (χ3n) is 4.80. The van der Waals surface area contributed by atoms with Gasteiger partial charge in [0, 0.05) is 37.7 Å². The number of likely N-dealkylation sites (tertiary alicyclic amines) is 2. The van der Waals surface area contributed by atoms with Crippen molar-refractivity contribution in [3.05, 3.63) is 34.9 Å². The van der Waals surface area contributed by atoms with Crippen LogP contribution in [0.4, 0.5) is 4.79 Å². The summed E-state index contributed by atoms with van der Waals surface area (Å²) < 4.78 is 0. The molecule has 0 bridgehead atoms. The first kappa shape index (κ1) is 17.1. The molecule has 0 aliphatic carbocycles. The number of hydrogen-bond donors (Lipinski definition) is 1. The molecule has 1 aromatic carbocycles. The number of nitrogens with zero attached hydrogens (tertiary/aromatic N) is 2. The number of hydrogen-bond acceptors (Lipinski definition) is 2. The van der Waals surface area contributed by atoms with E-state index in [9.17, 15) is 9.59 Å². The maximum atomic E-state index is 12.5. The number of rotatable bonds is 3. The number of amides is 3. The van der Waals surface area contributed by atoms with Crippen molar-refractivity contribution in [2.45, 2.75) is 32.2 Å². The second kappa shape index (κ2) is 7.88. The van der Waals surface area contributed by atoms with Crippen LogP contribution < -0.4 is 5.32 Å². The molecule has 3 rings (SSSR count). The summed E-state index contributed by atoms with van der Waals surface area (Å²) in [4.78, 5) is 28.7. The monoisotopic (exact) mass is 349 g/mol. The van der Waals surface area contributed by atoms with Gasteiger partial charge in [0.25, 0.3) is 0 Å². The topological polar surface area (TPSA) is 52.7 Å². The zero-order valence-electron chi connectivity index (χ0n) is 13.8. The molecule has 0 spiro atoms. The van der Waals surface area contributed by atoms with Gasteiger partial charge in [-0.05, 0) is 43.4 Å². The van der Waals surface area contributed by atoms with Crippen molar-refractivity contribution in [3.8, 4) is 0 Å². The van der Waals surface area contributed by atoms with Crippen LogP contribution in [0.5, 0.6) is 0 Å². The average molecular weight is 350 g/mol. The number of piperidine rings is 1. The van der Waals surface area contributed by atoms with E-state index in [1.807, 2.05) is 34.1 Å². The minimum Gasteiger partial charge on any atom is -0.352 e. The molecule has 6 heteroatoms. The molecule has 130 valence electrons. The van der Waals surface area contributed by atoms with E-state index in [2.05, 4.69) is 5.32 Å². The van der Waals surface area contributed by atoms with Crippen LogP contribution in [0.1, 0.15) is 31.2 Å². The third-order valence-corrected chi connectivity index (χ3v) is 5.03. The second-order valence-corrected chi connectivity index (χ2v) is 7.05. The fourth-order valence-electron chi connectivity index (χ4n) is 3.45. The Morgan fingerprint density at radius 1 is 1.12 bits per heavy atom. The molecule has 1 atom stereocenters. The van der Waals surface area contributed by atoms with Gasteiger partial charge in [-0.3, -0.25) is 4.79 Å². The lowest BCUT2D eigenvalue weighted by Gasteiger charge is -2.34. The van der Waals surface area contributed by atoms with Crippen LogP contribution in [0.2, 0.25) is 5.02 Å². The molecule has 2 heterocycles. The second-order valence-electron chi connectivity index (χ2n) is 6.61. The highest BCUT2D eigenvalue weighted by Crippen LogP contribution is 2.20. The maximum absolute atomic E-state index is 12.5. The number of benzene rings is 1. The highest BCUT2D eigenvalue weighted by molar-refractivity contribution is 6.30. The summed E-state index contributed by atoms with van der Waals surface area (Å²) >= 11 is 5.96. The number of nitrogens with one attached hydrogen (secondary N) is 1. The maximum Gasteiger partial charge on any atom is 0.320 e. The van der Waals surface area contributed by atoms with Crippen LogP contribution in [0.15, 0.2) is 24.3 Å². The van der Waals surface area contributed by atoms with Crippen molar-refractivity contribution in [1.82, 2.24) is 15.1 Å². The van der Waals surface area contributed by atoms with Crippen molar-refractivity contribution in [2.24, 2.45) is 5.92 Å². The fourth-order valence-corrected chi connectivity index (χ4v) is 3.67. The van der Waals surface area contributed by atoms with Gasteiger partial charge >= 0.3 is 6.03 Å². The first-order valence-electron chi connectivity index (χ1n) is 8.69. The van der Waals surface area contributed by atoms with Crippen LogP contribution in [0.25, 0.3) is 0 Å². The van der Waals surface area contributed by atoms with Gasteiger partial charge in [0.05, 0.1) is 5.92 Å². The third kappa shape index (κ3) is 4.20. The van der Waals surface area contributed by atoms with Crippen molar-refractivity contribution in [2.75, 3.05) is 26.2 Å². The Hall–Kier alpha value is -1.75. The molecule has 5 nitrogen and oxygen atoms in total. The van der Waals surface area contributed by atoms with Crippen LogP contribution in [0.3, 0.4) is 0 Å². The first-order chi connectivity index (χ1) is 11.6. The highest BCUT2D eigenvalue weighted by Gasteiger charge is 2.31. The van der Waals surface area contributed by atoms with E-state index < -0.39 is 0 Å². The number of urea groups is 1. The standard InChI is InChI=1S/C18H24ClN3O2/c19-16-7-3-5-14(11-16)12-20-17(23)15-6-4-10-22(13-15)18(24)21-8-1-2-9-21/h3,5,7,11,15H,1-2,4,6,8-10,12-13H2,(H,20,23). The largest absolute Gasteiger partial charge is 0.352 e. The summed E-state index contributed by atoms with van der Waals surface area (Å²) in [6.07, 6.45) is 3.90. The number of halogens is 1. The predicted octanol–water partition coefficient (Wildman–Crippen LogP) is 2.88. The molecular formula is C18H24ClN3O2. The average Bonchev–Trinajstić information content (AvgIpc) is 3.14. The van der Waals surface area contributed by atoms with Crippen molar-refractivity contribution < 1.29 is 9.59 Å². The van der Waals surface area contributed by atoms with E-state index in [1.54, 1.807) is 0 Å². The Kier molecular flexibility index (Phi) is 5.61. The summed E-state index contributed by atoms with van der Waals surface area (Å²) in [7, 11) is 0. The normalized spacial score (nSPS) is 21.0. The van der Waals surface area contributed by atoms with Gasteiger partial charge in [0.1, 0.15) is 0 Å². The first-order valence-corrected chi connectivity index (χ1v) is 9.07. The van der Waals surface area contributed by atoms with Gasteiger partial charge in [0.15, 0.2) is 0 Å². The molecule has 0 aromatic heterocycles. The summed E-state index contributed by atoms with van der Waals surface area (Å²) in [6, 6.07) is 7.58. The Balaban J connectivity index is 1.52. The molecule has 2 aliphatic heterocycles. The molecular weight excluding hydrogens is 326 g/mol. The fraction of sp³-hybridized carbons (Fsp3) is 0.556. The summed E-state index contributed by atoms with van der Waals surface area (Å²) in [5.74, 6) is -0.0987. The Morgan fingerprint density at radius 3 is 2.62 bits per heavy atom. The molecule has 1 unspecified atom stereocenters. The lowest BCUT2D eigenvalue weighted by Crippen LogP contribution is -2.49. The summed E-state index contributed by atoms with van der Waals surface area (Å²) in [5.41, 5.74) is 0.983. The lowest BCUT2D eigenvalue weighted by molar-refractivity contribution is -0.126. The van der Waals surface area contributed by atoms with Gasteiger partial charge in [-0.2, -0.15) is 0 Å². The minimum atomic E-state index is -0.121. The molecule has 1 N–H and O–H groups in total. The number of carbonyl (C=O) groups excluding carboxylic acids is 2. The van der Waals surface area contributed by atoms with E-state index in [0.717, 1.165) is 50.9 Å². The van der Waals surface area contributed by atoms with Crippen LogP contribution in [0, 0.1) is 5.92 Å². The van der Waals surface area contributed by atoms with Crippen LogP contribution in [-0.2, 0) is 11.3 Å². The summed E-state index contributed by atoms with van der Waals surface area (Å²) in [5, 5.41) is 3.64. The minimum absolute atomic E-state index is 0.0221. The van der Waals surface area contributed by atoms with E-state index >= 15 is 0 Å². The quantitative estimate of drug-likeness (QED) is 0.912. The smallest absolute Gasteiger partial charge is 0.320 e. The van der Waals surface area contributed by atoms with Gasteiger partial charge in [-0.25, -0.2) is 4.79 Å². The molecule has 0 radical (unpaired) electrons. The van der Waals surface area contributed by atoms with Crippen molar-refractivity contribution in [1.29, 1.82) is 0 Å². The van der Waals surface area contributed by atoms with Gasteiger partial charge < -0.3 is 15.1 Å². The Bertz CT molecular complexity index is 602. The molecule has 0 saturated carbocycles. The van der Waals surface area contributed by atoms with E-state index in [4.69, 9.17) is 11.6 Å². The van der Waals surface area contributed by atoms with Crippen molar-refractivity contribution in [3.63, 3.8) is 0 Å². The number of carbonyl (C=O) groups is 2. The molecule has 3 amide bonds. The lowest BCUT2D eigenvalue weighted by atomic mass is 9.97. The van der Waals surface area contributed by atoms with E-state index in [-0.39, 0.29) is 17.9 Å². The SMILES string of the molecule is O=C(NCc1cccc(Cl)c1)C1CCCN(C(=O)N2CCCC2)C1. The highest BCUT2D eigenvalue weighted by atomic mass is 35.5. The molecule has 2 aliphatic rings. The molecule has 1 aromatic rings. The van der Waals surface area contributed by atoms with E-state index in [0.29, 0.717) is 18.1 Å². The Labute approximate surface area is 147 Å². The van der Waals surface area contributed by atoms with Gasteiger partial charge in [-0.15, -0.1) is 0 Å². The zero-order chi connectivity index (χ0) is 16.9. The van der Waals surface area contributed by atoms with Gasteiger partial charge in [0.2, 0.25) is 5.91 Å². The molecule has 2 fully saturated rings.